The van der Waals surface area contributed by atoms with Crippen LogP contribution in [0.2, 0.25) is 5.02 Å². The van der Waals surface area contributed by atoms with Gasteiger partial charge < -0.3 is 19.9 Å². The molecule has 2 N–H and O–H groups in total. The molecule has 1 fully saturated rings. The van der Waals surface area contributed by atoms with Crippen molar-refractivity contribution in [3.05, 3.63) is 71.8 Å². The van der Waals surface area contributed by atoms with E-state index in [1.165, 1.54) is 5.69 Å². The van der Waals surface area contributed by atoms with E-state index >= 15 is 0 Å². The molecule has 0 radical (unpaired) electrons. The molecule has 0 aliphatic carbocycles. The summed E-state index contributed by atoms with van der Waals surface area (Å²) >= 11 is 6.43. The molecule has 1 aromatic carbocycles. The van der Waals surface area contributed by atoms with Gasteiger partial charge >= 0.3 is 0 Å². The monoisotopic (exact) mass is 433 g/mol. The molecule has 1 aliphatic rings. The molecule has 4 heterocycles. The highest BCUT2D eigenvalue weighted by atomic mass is 35.5. The van der Waals surface area contributed by atoms with E-state index < -0.39 is 0 Å². The Hall–Kier alpha value is -3.25. The number of aromatic nitrogens is 3. The lowest BCUT2D eigenvalue weighted by molar-refractivity contribution is 0.170. The number of halogens is 1. The lowest BCUT2D eigenvalue weighted by Crippen LogP contribution is -2.38. The van der Waals surface area contributed by atoms with Crippen molar-refractivity contribution in [3.8, 4) is 5.75 Å². The van der Waals surface area contributed by atoms with E-state index in [9.17, 15) is 0 Å². The van der Waals surface area contributed by atoms with Crippen LogP contribution in [0.3, 0.4) is 0 Å². The lowest BCUT2D eigenvalue weighted by atomic mass is 10.1. The van der Waals surface area contributed by atoms with Crippen molar-refractivity contribution < 1.29 is 4.74 Å². The van der Waals surface area contributed by atoms with Crippen LogP contribution in [-0.4, -0.2) is 34.1 Å². The summed E-state index contributed by atoms with van der Waals surface area (Å²) in [6.45, 7) is 3.99. The van der Waals surface area contributed by atoms with E-state index in [0.29, 0.717) is 5.02 Å². The minimum Gasteiger partial charge on any atom is -0.489 e. The molecule has 3 aromatic heterocycles. The second-order valence-corrected chi connectivity index (χ2v) is 8.23. The third-order valence-corrected chi connectivity index (χ3v) is 6.09. The number of nitrogens with one attached hydrogen (secondary N) is 2. The molecule has 0 amide bonds. The summed E-state index contributed by atoms with van der Waals surface area (Å²) in [6.07, 6.45) is 9.45. The third-order valence-electron chi connectivity index (χ3n) is 5.78. The number of nitrogens with zero attached hydrogens (tertiary/aromatic N) is 3. The fraction of sp³-hybridized carbons (Fsp3) is 0.250. The molecule has 158 valence electrons. The molecule has 0 atom stereocenters. The van der Waals surface area contributed by atoms with Crippen LogP contribution in [0.5, 0.6) is 5.75 Å². The molecule has 31 heavy (non-hydrogen) atoms. The first-order chi connectivity index (χ1) is 15.2. The highest BCUT2D eigenvalue weighted by Gasteiger charge is 2.22. The maximum absolute atomic E-state index is 6.43. The molecule has 5 rings (SSSR count). The maximum atomic E-state index is 6.43. The van der Waals surface area contributed by atoms with E-state index in [-0.39, 0.29) is 6.10 Å². The first-order valence-corrected chi connectivity index (χ1v) is 10.9. The molecule has 0 spiro atoms. The molecule has 6 nitrogen and oxygen atoms in total. The van der Waals surface area contributed by atoms with Gasteiger partial charge in [0.2, 0.25) is 0 Å². The number of aromatic amines is 1. The normalized spacial score (nSPS) is 14.7. The van der Waals surface area contributed by atoms with Crippen LogP contribution in [0.1, 0.15) is 18.4 Å². The van der Waals surface area contributed by atoms with Gasteiger partial charge in [-0.15, -0.1) is 0 Å². The summed E-state index contributed by atoms with van der Waals surface area (Å²) in [5, 5.41) is 5.17. The molecular weight excluding hydrogens is 410 g/mol. The molecule has 4 aromatic rings. The SMILES string of the molecule is Cc1c(N2CCC(Oc3cccnc3)CC2)ccnc1Nc1cc(Cl)c2cc[nH]c2c1. The van der Waals surface area contributed by atoms with Gasteiger partial charge in [-0.05, 0) is 43.3 Å². The number of hydrogen-bond donors (Lipinski definition) is 2. The Labute approximate surface area is 186 Å². The number of benzene rings is 1. The number of piperidine rings is 1. The van der Waals surface area contributed by atoms with Gasteiger partial charge in [-0.25, -0.2) is 4.98 Å². The summed E-state index contributed by atoms with van der Waals surface area (Å²) in [7, 11) is 0. The Bertz CT molecular complexity index is 1190. The van der Waals surface area contributed by atoms with Crippen LogP contribution in [0.25, 0.3) is 10.9 Å². The highest BCUT2D eigenvalue weighted by Crippen LogP contribution is 2.32. The van der Waals surface area contributed by atoms with Gasteiger partial charge in [0.1, 0.15) is 17.7 Å². The zero-order chi connectivity index (χ0) is 21.2. The number of fused-ring (bicyclic) bond motifs is 1. The standard InChI is InChI=1S/C24H24ClN5O/c1-16-23(30-11-6-18(7-12-30)31-19-3-2-8-26-15-19)5-10-28-24(16)29-17-13-21(25)20-4-9-27-22(20)14-17/h2-5,8-10,13-15,18,27H,6-7,11-12H2,1H3,(H,28,29). The second-order valence-electron chi connectivity index (χ2n) is 7.82. The van der Waals surface area contributed by atoms with Gasteiger partial charge in [0.15, 0.2) is 0 Å². The molecule has 7 heteroatoms. The Kier molecular flexibility index (Phi) is 5.38. The maximum Gasteiger partial charge on any atom is 0.137 e. The molecule has 1 saturated heterocycles. The van der Waals surface area contributed by atoms with Gasteiger partial charge in [-0.3, -0.25) is 4.98 Å². The van der Waals surface area contributed by atoms with Crippen LogP contribution in [0.4, 0.5) is 17.2 Å². The smallest absolute Gasteiger partial charge is 0.137 e. The fourth-order valence-electron chi connectivity index (χ4n) is 4.15. The Morgan fingerprint density at radius 2 is 2.03 bits per heavy atom. The average Bonchev–Trinajstić information content (AvgIpc) is 3.26. The zero-order valence-electron chi connectivity index (χ0n) is 17.3. The highest BCUT2D eigenvalue weighted by molar-refractivity contribution is 6.35. The summed E-state index contributed by atoms with van der Waals surface area (Å²) < 4.78 is 6.08. The quantitative estimate of drug-likeness (QED) is 0.422. The Morgan fingerprint density at radius 1 is 1.16 bits per heavy atom. The number of pyridine rings is 2. The number of ether oxygens (including phenoxy) is 1. The summed E-state index contributed by atoms with van der Waals surface area (Å²) in [6, 6.07) is 11.9. The predicted octanol–water partition coefficient (Wildman–Crippen LogP) is 5.71. The van der Waals surface area contributed by atoms with Gasteiger partial charge in [0.05, 0.1) is 11.2 Å². The topological polar surface area (TPSA) is 66.1 Å². The van der Waals surface area contributed by atoms with Crippen LogP contribution >= 0.6 is 11.6 Å². The van der Waals surface area contributed by atoms with Crippen molar-refractivity contribution in [2.75, 3.05) is 23.3 Å². The van der Waals surface area contributed by atoms with Crippen molar-refractivity contribution in [2.24, 2.45) is 0 Å². The molecule has 0 bridgehead atoms. The van der Waals surface area contributed by atoms with E-state index in [2.05, 4.69) is 44.2 Å². The van der Waals surface area contributed by atoms with E-state index in [0.717, 1.165) is 59.7 Å². The summed E-state index contributed by atoms with van der Waals surface area (Å²) in [5.74, 6) is 1.68. The van der Waals surface area contributed by atoms with Crippen LogP contribution in [-0.2, 0) is 0 Å². The third kappa shape index (κ3) is 4.16. The molecule has 1 aliphatic heterocycles. The predicted molar refractivity (Wildman–Crippen MR) is 126 cm³/mol. The number of hydrogen-bond acceptors (Lipinski definition) is 5. The summed E-state index contributed by atoms with van der Waals surface area (Å²) in [5.41, 5.74) is 4.23. The van der Waals surface area contributed by atoms with Crippen molar-refractivity contribution >= 4 is 39.7 Å². The van der Waals surface area contributed by atoms with Crippen molar-refractivity contribution in [3.63, 3.8) is 0 Å². The average molecular weight is 434 g/mol. The minimum absolute atomic E-state index is 0.217. The van der Waals surface area contributed by atoms with E-state index in [1.54, 1.807) is 12.4 Å². The number of H-pyrrole nitrogens is 1. The number of rotatable bonds is 5. The Balaban J connectivity index is 1.29. The fourth-order valence-corrected chi connectivity index (χ4v) is 4.43. The second kappa shape index (κ2) is 8.47. The van der Waals surface area contributed by atoms with Gasteiger partial charge in [0.25, 0.3) is 0 Å². The zero-order valence-corrected chi connectivity index (χ0v) is 18.1. The largest absolute Gasteiger partial charge is 0.489 e. The van der Waals surface area contributed by atoms with Crippen LogP contribution < -0.4 is 15.0 Å². The Morgan fingerprint density at radius 3 is 2.84 bits per heavy atom. The molecular formula is C24H24ClN5O. The van der Waals surface area contributed by atoms with Crippen molar-refractivity contribution in [2.45, 2.75) is 25.9 Å². The van der Waals surface area contributed by atoms with Crippen molar-refractivity contribution in [1.82, 2.24) is 15.0 Å². The first kappa shape index (κ1) is 19.7. The van der Waals surface area contributed by atoms with Gasteiger partial charge in [-0.2, -0.15) is 0 Å². The van der Waals surface area contributed by atoms with Gasteiger partial charge in [-0.1, -0.05) is 11.6 Å². The van der Waals surface area contributed by atoms with Crippen LogP contribution in [0, 0.1) is 6.92 Å². The van der Waals surface area contributed by atoms with E-state index in [1.807, 2.05) is 36.7 Å². The van der Waals surface area contributed by atoms with Crippen molar-refractivity contribution in [1.29, 1.82) is 0 Å². The summed E-state index contributed by atoms with van der Waals surface area (Å²) in [4.78, 5) is 14.3. The minimum atomic E-state index is 0.217. The lowest BCUT2D eigenvalue weighted by Gasteiger charge is -2.34. The van der Waals surface area contributed by atoms with E-state index in [4.69, 9.17) is 16.3 Å². The van der Waals surface area contributed by atoms with Crippen LogP contribution in [0.15, 0.2) is 61.2 Å². The molecule has 0 unspecified atom stereocenters. The van der Waals surface area contributed by atoms with Gasteiger partial charge in [0, 0.05) is 72.4 Å². The number of anilines is 3. The first-order valence-electron chi connectivity index (χ1n) is 10.5. The molecule has 0 saturated carbocycles.